The first kappa shape index (κ1) is 77.0. The lowest BCUT2D eigenvalue weighted by molar-refractivity contribution is -0.302. The predicted molar refractivity (Wildman–Crippen MR) is 310 cm³/mol. The van der Waals surface area contributed by atoms with Crippen molar-refractivity contribution in [2.75, 3.05) is 44.4 Å². The molecule has 0 radical (unpaired) electrons. The summed E-state index contributed by atoms with van der Waals surface area (Å²) in [5, 5.41) is 134. The number of imidazole rings is 1. The van der Waals surface area contributed by atoms with Crippen molar-refractivity contribution in [1.82, 2.24) is 35.5 Å². The number of aromatic nitrogens is 4. The Hall–Kier alpha value is -3.33. The predicted octanol–water partition coefficient (Wildman–Crippen LogP) is -9.49. The highest BCUT2D eigenvalue weighted by Gasteiger charge is 2.56. The molecular weight excluding hydrogens is 1340 g/mol. The number of thioether (sulfide) groups is 1. The standard InChI is InChI=1S/C46H82N13O30P3S/c1-45(2,13-80-92(77,78)89-91(75,76)79-12-21-35(88-90(72,73)74)31(67)41(81-21)59-15-57-25-38(52)55-14-56-39(25)59)37(69)40(70)54-5-4-22(61)53-6-7-93-46(3,71)58-17-8-16(49)26(62)36(33(17)85-42-23(50)29(65)27(63)18(9-47)82-42)87-44-32(68)34(20(11-60)84-44)86-43-24(51)30(66)28(64)19(10-48)83-43/h9-10,14-18,20-24,26-37,41-44,47,53,58,60-69,71H,4-8,11-13,48-51H2,1-3H3,(H,54,70)(H,75,76)(H,77,78)(H2,52,55,56)(H2,72,73,74)/b19-10+,47-9?/t16-,17+,18?,20-,21-,22+,23-,24-,26+,27-,28-,29-,30-,31?,32?,33-,34-,35-,36-,37+,41?,42-,43-,44?,46+/m1/s1. The van der Waals surface area contributed by atoms with Crippen molar-refractivity contribution in [3.63, 3.8) is 0 Å². The molecule has 2 aromatic rings. The van der Waals surface area contributed by atoms with Gasteiger partial charge >= 0.3 is 23.5 Å². The number of hydrogen-bond acceptors (Lipinski definition) is 38. The first-order valence-electron chi connectivity index (χ1n) is 28.3. The van der Waals surface area contributed by atoms with Gasteiger partial charge in [-0.05, 0) is 13.3 Å². The molecule has 27 atom stereocenters. The molecule has 7 rings (SSSR count). The quantitative estimate of drug-likeness (QED) is 0.0144. The van der Waals surface area contributed by atoms with Gasteiger partial charge in [0.05, 0.1) is 44.3 Å². The van der Waals surface area contributed by atoms with E-state index in [9.17, 15) is 94.2 Å². The Kier molecular flexibility index (Phi) is 26.2. The molecule has 5 fully saturated rings. The van der Waals surface area contributed by atoms with Crippen LogP contribution in [0.25, 0.3) is 11.2 Å². The largest absolute Gasteiger partial charge is 0.481 e. The van der Waals surface area contributed by atoms with Gasteiger partial charge in [0.2, 0.25) is 12.2 Å². The Morgan fingerprint density at radius 2 is 1.48 bits per heavy atom. The monoisotopic (exact) mass is 1420 g/mol. The van der Waals surface area contributed by atoms with Crippen molar-refractivity contribution in [1.29, 1.82) is 5.41 Å². The van der Waals surface area contributed by atoms with E-state index < -0.39 is 207 Å². The van der Waals surface area contributed by atoms with Gasteiger partial charge in [0.25, 0.3) is 0 Å². The molecule has 2 aromatic heterocycles. The summed E-state index contributed by atoms with van der Waals surface area (Å²) in [5.74, 6) is -1.43. The summed E-state index contributed by atoms with van der Waals surface area (Å²) in [4.78, 5) is 64.6. The fourth-order valence-electron chi connectivity index (χ4n) is 10.4. The second-order valence-electron chi connectivity index (χ2n) is 23.0. The van der Waals surface area contributed by atoms with Crippen LogP contribution in [-0.2, 0) is 69.5 Å². The second kappa shape index (κ2) is 31.7. The zero-order valence-electron chi connectivity index (χ0n) is 49.6. The molecule has 4 aliphatic heterocycles. The minimum atomic E-state index is -5.68. The molecule has 0 spiro atoms. The number of aliphatic hydroxyl groups excluding tert-OH is 10. The number of nitrogens with two attached hydrogens (primary N) is 5. The number of carbonyl (C=O) groups excluding carboxylic acids is 1. The lowest BCUT2D eigenvalue weighted by Gasteiger charge is -2.49. The van der Waals surface area contributed by atoms with E-state index >= 15 is 0 Å². The minimum Gasteiger partial charge on any atom is -0.463 e. The number of aliphatic hydroxyl groups is 11. The molecule has 4 saturated heterocycles. The number of anilines is 1. The number of rotatable bonds is 31. The van der Waals surface area contributed by atoms with Gasteiger partial charge in [-0.3, -0.25) is 33.6 Å². The number of phosphoric ester groups is 3. The smallest absolute Gasteiger partial charge is 0.463 e. The lowest BCUT2D eigenvalue weighted by atomic mass is 9.83. The lowest BCUT2D eigenvalue weighted by Crippen LogP contribution is -2.69. The van der Waals surface area contributed by atoms with Crippen molar-refractivity contribution in [3.8, 4) is 0 Å². The fraction of sp³-hybridized carbons (Fsp3) is 0.804. The van der Waals surface area contributed by atoms with Gasteiger partial charge in [0.15, 0.2) is 35.3 Å². The van der Waals surface area contributed by atoms with E-state index in [0.717, 1.165) is 35.2 Å². The Bertz CT molecular complexity index is 3010. The number of carbonyl (C=O) groups is 1. The van der Waals surface area contributed by atoms with Crippen molar-refractivity contribution < 1.29 is 145 Å². The van der Waals surface area contributed by atoms with E-state index in [0.29, 0.717) is 6.21 Å². The van der Waals surface area contributed by atoms with Crippen LogP contribution in [-0.4, -0.2) is 292 Å². The Balaban J connectivity index is 0.886. The van der Waals surface area contributed by atoms with Gasteiger partial charge in [-0.2, -0.15) is 4.31 Å². The summed E-state index contributed by atoms with van der Waals surface area (Å²) >= 11 is 0.868. The molecule has 1 saturated carbocycles. The van der Waals surface area contributed by atoms with E-state index in [1.54, 1.807) is 0 Å². The zero-order chi connectivity index (χ0) is 69.0. The Labute approximate surface area is 532 Å². The molecule has 6 heterocycles. The molecule has 1 amide bonds. The molecule has 47 heteroatoms. The first-order chi connectivity index (χ1) is 43.3. The number of phosphoric acid groups is 3. The number of nitrogens with zero attached hydrogens (tertiary/aromatic N) is 4. The van der Waals surface area contributed by atoms with Gasteiger partial charge in [0, 0.05) is 55.2 Å². The number of nitrogen functional groups attached to an aromatic ring is 1. The maximum atomic E-state index is 13.0. The normalized spacial score (nSPS) is 37.6. The van der Waals surface area contributed by atoms with Crippen LogP contribution in [0.3, 0.4) is 0 Å². The third kappa shape index (κ3) is 19.1. The molecule has 7 unspecified atom stereocenters. The van der Waals surface area contributed by atoms with Crippen LogP contribution in [0.2, 0.25) is 0 Å². The molecule has 5 aliphatic rings. The maximum absolute atomic E-state index is 13.0. The maximum Gasteiger partial charge on any atom is 0.481 e. The zero-order valence-corrected chi connectivity index (χ0v) is 53.1. The van der Waals surface area contributed by atoms with Crippen LogP contribution >= 0.6 is 35.2 Å². The third-order valence-electron chi connectivity index (χ3n) is 15.4. The van der Waals surface area contributed by atoms with Crippen LogP contribution < -0.4 is 44.6 Å². The molecule has 1 aliphatic carbocycles. The van der Waals surface area contributed by atoms with Crippen LogP contribution in [0.5, 0.6) is 0 Å². The SMILES string of the molecule is CC(C)(COP(=O)(O)OP(=O)(O)OC[C@H]1OC(n2cnc3c(N)ncnc32)C(O)[C@@H]1OP(=O)(O)O)[C@@H](O)C(=O)NCC[C@H](O)NCCS[C@](C)(O)N[C@H]1C[C@@H](N)[C@H](O)[C@@H](OC2O[C@H](CO)[C@@H](O[C@H]3O/C(=C/N)[C@@H](O)[C@H](O)[C@H]3N)C2O)[C@@H]1O[C@H]1OC(C=N)[C@@H](O)[C@H](O)[C@H]1N. The van der Waals surface area contributed by atoms with Crippen LogP contribution in [0.4, 0.5) is 5.82 Å². The molecular formula is C46H82N13O30P3S. The van der Waals surface area contributed by atoms with E-state index in [1.807, 2.05) is 0 Å². The minimum absolute atomic E-state index is 0.00887. The highest BCUT2D eigenvalue weighted by atomic mass is 32.2. The average Bonchev–Trinajstić information content (AvgIpc) is 1.74. The number of hydrogen-bond donors (Lipinski definition) is 24. The topological polar surface area (TPSA) is 707 Å². The van der Waals surface area contributed by atoms with Crippen molar-refractivity contribution in [2.45, 2.75) is 186 Å². The van der Waals surface area contributed by atoms with Gasteiger partial charge in [0.1, 0.15) is 109 Å². The Morgan fingerprint density at radius 3 is 2.14 bits per heavy atom. The van der Waals surface area contributed by atoms with E-state index in [4.69, 9.17) is 76.3 Å². The summed E-state index contributed by atoms with van der Waals surface area (Å²) in [7, 11) is -16.7. The van der Waals surface area contributed by atoms with Crippen LogP contribution in [0.15, 0.2) is 24.6 Å². The van der Waals surface area contributed by atoms with Crippen molar-refractivity contribution in [3.05, 3.63) is 24.6 Å². The second-order valence-corrected chi connectivity index (χ2v) is 28.7. The van der Waals surface area contributed by atoms with Crippen molar-refractivity contribution in [2.24, 2.45) is 28.3 Å². The average molecular weight is 1420 g/mol. The summed E-state index contributed by atoms with van der Waals surface area (Å²) in [6.07, 6.45) is -30.1. The van der Waals surface area contributed by atoms with E-state index in [2.05, 4.69) is 39.7 Å². The molecule has 532 valence electrons. The first-order valence-corrected chi connectivity index (χ1v) is 33.8. The third-order valence-corrected chi connectivity index (χ3v) is 19.6. The summed E-state index contributed by atoms with van der Waals surface area (Å²) in [5.41, 5.74) is 28.4. The fourth-order valence-corrected chi connectivity index (χ4v) is 14.1. The number of fused-ring (bicyclic) bond motifs is 1. The van der Waals surface area contributed by atoms with E-state index in [1.165, 1.54) is 20.8 Å². The van der Waals surface area contributed by atoms with E-state index in [-0.39, 0.29) is 54.4 Å². The van der Waals surface area contributed by atoms with Gasteiger partial charge in [-0.15, -0.1) is 11.8 Å². The summed E-state index contributed by atoms with van der Waals surface area (Å²) < 4.78 is 98.3. The number of amides is 1. The van der Waals surface area contributed by atoms with Gasteiger partial charge in [-0.25, -0.2) is 28.6 Å². The number of nitrogens with one attached hydrogen (secondary N) is 4. The molecule has 0 aromatic carbocycles. The van der Waals surface area contributed by atoms with Gasteiger partial charge < -0.3 is 148 Å². The summed E-state index contributed by atoms with van der Waals surface area (Å²) in [6.45, 7) is 0.446. The highest BCUT2D eigenvalue weighted by molar-refractivity contribution is 8.00. The molecule has 43 nitrogen and oxygen atoms in total. The highest BCUT2D eigenvalue weighted by Crippen LogP contribution is 2.61. The number of ether oxygens (including phenoxy) is 7. The van der Waals surface area contributed by atoms with Crippen LogP contribution in [0.1, 0.15) is 39.8 Å². The van der Waals surface area contributed by atoms with Crippen LogP contribution in [0, 0.1) is 10.8 Å². The molecule has 29 N–H and O–H groups in total. The molecule has 93 heavy (non-hydrogen) atoms. The van der Waals surface area contributed by atoms with Gasteiger partial charge in [-0.1, -0.05) is 13.8 Å². The molecule has 0 bridgehead atoms. The Morgan fingerprint density at radius 1 is 0.828 bits per heavy atom. The van der Waals surface area contributed by atoms with Crippen molar-refractivity contribution >= 4 is 64.3 Å². The summed E-state index contributed by atoms with van der Waals surface area (Å²) in [6, 6.07) is -5.26.